The summed E-state index contributed by atoms with van der Waals surface area (Å²) in [7, 11) is 1.58. The van der Waals surface area contributed by atoms with Crippen molar-refractivity contribution < 1.29 is 28.3 Å². The third-order valence-electron chi connectivity index (χ3n) is 7.04. The molecular formula is C38H35N3O6S. The number of para-hydroxylation sites is 1. The summed E-state index contributed by atoms with van der Waals surface area (Å²) in [5.41, 5.74) is 2.32. The lowest BCUT2D eigenvalue weighted by Crippen LogP contribution is -2.30. The Morgan fingerprint density at radius 3 is 2.19 bits per heavy atom. The van der Waals surface area contributed by atoms with Gasteiger partial charge in [0.2, 0.25) is 5.91 Å². The molecule has 0 fully saturated rings. The Kier molecular flexibility index (Phi) is 11.3. The molecule has 0 bridgehead atoms. The van der Waals surface area contributed by atoms with E-state index in [2.05, 4.69) is 16.0 Å². The van der Waals surface area contributed by atoms with Crippen LogP contribution in [0.4, 0.5) is 11.4 Å². The second-order valence-corrected chi connectivity index (χ2v) is 11.9. The van der Waals surface area contributed by atoms with Gasteiger partial charge < -0.3 is 29.8 Å². The van der Waals surface area contributed by atoms with Gasteiger partial charge in [-0.2, -0.15) is 0 Å². The molecule has 0 aliphatic carbocycles. The summed E-state index contributed by atoms with van der Waals surface area (Å²) in [6.45, 7) is 4.31. The Hall–Kier alpha value is -5.74. The van der Waals surface area contributed by atoms with Crippen LogP contribution in [0.5, 0.6) is 11.5 Å². The van der Waals surface area contributed by atoms with E-state index in [1.165, 1.54) is 17.8 Å². The van der Waals surface area contributed by atoms with Crippen LogP contribution in [0.1, 0.15) is 30.0 Å². The van der Waals surface area contributed by atoms with Crippen molar-refractivity contribution in [1.82, 2.24) is 5.32 Å². The lowest BCUT2D eigenvalue weighted by molar-refractivity contribution is -0.115. The second kappa shape index (κ2) is 16.2. The summed E-state index contributed by atoms with van der Waals surface area (Å²) in [4.78, 5) is 40.2. The molecule has 5 aromatic rings. The van der Waals surface area contributed by atoms with Gasteiger partial charge in [-0.15, -0.1) is 11.8 Å². The minimum absolute atomic E-state index is 0.0113. The first-order valence-electron chi connectivity index (χ1n) is 15.3. The Labute approximate surface area is 283 Å². The maximum atomic E-state index is 13.5. The zero-order chi connectivity index (χ0) is 33.9. The molecule has 0 spiro atoms. The standard InChI is InChI=1S/C38H35N3O6S/c1-4-46-29-18-14-27(15-19-29)39-36(42)25(2)48-31-21-16-28(17-22-31)40-38(44)33(41-37(43)26-10-6-5-7-11-26)24-30-20-23-35(47-30)32-12-8-9-13-34(32)45-3/h5-25H,4H2,1-3H3,(H,39,42)(H,40,44)(H,41,43)/b33-24+/t25-/m1/s1. The minimum atomic E-state index is -0.543. The van der Waals surface area contributed by atoms with Gasteiger partial charge in [0, 0.05) is 27.9 Å². The van der Waals surface area contributed by atoms with Crippen molar-refractivity contribution in [2.45, 2.75) is 24.0 Å². The van der Waals surface area contributed by atoms with Crippen molar-refractivity contribution in [3.63, 3.8) is 0 Å². The van der Waals surface area contributed by atoms with Crippen molar-refractivity contribution in [1.29, 1.82) is 0 Å². The van der Waals surface area contributed by atoms with Gasteiger partial charge in [-0.05, 0) is 98.8 Å². The summed E-state index contributed by atoms with van der Waals surface area (Å²) in [5.74, 6) is 1.16. The summed E-state index contributed by atoms with van der Waals surface area (Å²) < 4.78 is 16.9. The molecule has 1 heterocycles. The van der Waals surface area contributed by atoms with Crippen LogP contribution in [-0.4, -0.2) is 36.7 Å². The number of thioether (sulfide) groups is 1. The van der Waals surface area contributed by atoms with Gasteiger partial charge in [-0.3, -0.25) is 14.4 Å². The minimum Gasteiger partial charge on any atom is -0.496 e. The average molecular weight is 662 g/mol. The van der Waals surface area contributed by atoms with E-state index in [9.17, 15) is 14.4 Å². The highest BCUT2D eigenvalue weighted by molar-refractivity contribution is 8.00. The van der Waals surface area contributed by atoms with Crippen molar-refractivity contribution in [3.8, 4) is 22.8 Å². The van der Waals surface area contributed by atoms with Crippen LogP contribution in [0, 0.1) is 0 Å². The van der Waals surface area contributed by atoms with Gasteiger partial charge in [0.05, 0.1) is 24.5 Å². The van der Waals surface area contributed by atoms with Crippen molar-refractivity contribution in [2.75, 3.05) is 24.4 Å². The Bertz CT molecular complexity index is 1890. The molecule has 0 radical (unpaired) electrons. The maximum absolute atomic E-state index is 13.5. The number of benzene rings is 4. The molecule has 4 aromatic carbocycles. The lowest BCUT2D eigenvalue weighted by Gasteiger charge is -2.14. The number of ether oxygens (including phenoxy) is 2. The van der Waals surface area contributed by atoms with Crippen molar-refractivity contribution >= 4 is 46.9 Å². The SMILES string of the molecule is CCOc1ccc(NC(=O)[C@@H](C)Sc2ccc(NC(=O)/C(=C\c3ccc(-c4ccccc4OC)o3)NC(=O)c3ccccc3)cc2)cc1. The van der Waals surface area contributed by atoms with Gasteiger partial charge in [0.1, 0.15) is 28.7 Å². The quantitative estimate of drug-likeness (QED) is 0.0868. The summed E-state index contributed by atoms with van der Waals surface area (Å²) >= 11 is 1.39. The third kappa shape index (κ3) is 8.95. The number of carbonyl (C=O) groups is 3. The molecule has 0 saturated heterocycles. The normalized spacial score (nSPS) is 11.7. The van der Waals surface area contributed by atoms with Crippen molar-refractivity contribution in [3.05, 3.63) is 132 Å². The molecule has 1 atom stereocenters. The number of anilines is 2. The molecule has 3 amide bonds. The van der Waals surface area contributed by atoms with E-state index in [4.69, 9.17) is 13.9 Å². The molecule has 48 heavy (non-hydrogen) atoms. The second-order valence-electron chi connectivity index (χ2n) is 10.5. The Morgan fingerprint density at radius 1 is 0.812 bits per heavy atom. The van der Waals surface area contributed by atoms with Crippen LogP contribution in [-0.2, 0) is 9.59 Å². The topological polar surface area (TPSA) is 119 Å². The van der Waals surface area contributed by atoms with E-state index in [1.54, 1.807) is 73.8 Å². The zero-order valence-electron chi connectivity index (χ0n) is 26.7. The number of hydrogen-bond acceptors (Lipinski definition) is 7. The fourth-order valence-corrected chi connectivity index (χ4v) is 5.49. The molecule has 0 unspecified atom stereocenters. The molecule has 1 aromatic heterocycles. The Morgan fingerprint density at radius 2 is 1.48 bits per heavy atom. The van der Waals surface area contributed by atoms with Crippen LogP contribution < -0.4 is 25.4 Å². The van der Waals surface area contributed by atoms with E-state index < -0.39 is 11.8 Å². The molecule has 5 rings (SSSR count). The van der Waals surface area contributed by atoms with Crippen LogP contribution in [0.25, 0.3) is 17.4 Å². The van der Waals surface area contributed by atoms with Crippen LogP contribution in [0.15, 0.2) is 130 Å². The third-order valence-corrected chi connectivity index (χ3v) is 8.15. The van der Waals surface area contributed by atoms with E-state index >= 15 is 0 Å². The highest BCUT2D eigenvalue weighted by Gasteiger charge is 2.18. The summed E-state index contributed by atoms with van der Waals surface area (Å²) in [6.07, 6.45) is 1.48. The van der Waals surface area contributed by atoms with Gasteiger partial charge in [-0.1, -0.05) is 30.3 Å². The first-order valence-corrected chi connectivity index (χ1v) is 16.1. The van der Waals surface area contributed by atoms with Crippen LogP contribution >= 0.6 is 11.8 Å². The largest absolute Gasteiger partial charge is 0.496 e. The molecule has 244 valence electrons. The van der Waals surface area contributed by atoms with E-state index in [1.807, 2.05) is 62.4 Å². The number of amides is 3. The van der Waals surface area contributed by atoms with Gasteiger partial charge in [-0.25, -0.2) is 0 Å². The van der Waals surface area contributed by atoms with E-state index in [0.717, 1.165) is 16.2 Å². The average Bonchev–Trinajstić information content (AvgIpc) is 3.58. The fraction of sp³-hybridized carbons (Fsp3) is 0.132. The van der Waals surface area contributed by atoms with Crippen LogP contribution in [0.2, 0.25) is 0 Å². The predicted octanol–water partition coefficient (Wildman–Crippen LogP) is 7.88. The molecule has 3 N–H and O–H groups in total. The highest BCUT2D eigenvalue weighted by Crippen LogP contribution is 2.31. The lowest BCUT2D eigenvalue weighted by atomic mass is 10.1. The van der Waals surface area contributed by atoms with Gasteiger partial charge >= 0.3 is 0 Å². The van der Waals surface area contributed by atoms with Gasteiger partial charge in [0.25, 0.3) is 11.8 Å². The van der Waals surface area contributed by atoms with E-state index in [-0.39, 0.29) is 16.9 Å². The molecule has 10 heteroatoms. The van der Waals surface area contributed by atoms with Crippen LogP contribution in [0.3, 0.4) is 0 Å². The zero-order valence-corrected chi connectivity index (χ0v) is 27.5. The number of rotatable bonds is 13. The maximum Gasteiger partial charge on any atom is 0.272 e. The number of carbonyl (C=O) groups excluding carboxylic acids is 3. The smallest absolute Gasteiger partial charge is 0.272 e. The number of furan rings is 1. The first-order chi connectivity index (χ1) is 23.3. The van der Waals surface area contributed by atoms with Crippen molar-refractivity contribution in [2.24, 2.45) is 0 Å². The molecule has 0 saturated carbocycles. The molecule has 0 aliphatic rings. The van der Waals surface area contributed by atoms with Gasteiger partial charge in [0.15, 0.2) is 0 Å². The number of methoxy groups -OCH3 is 1. The monoisotopic (exact) mass is 661 g/mol. The first kappa shape index (κ1) is 33.6. The Balaban J connectivity index is 1.27. The molecule has 9 nitrogen and oxygen atoms in total. The van der Waals surface area contributed by atoms with E-state index in [0.29, 0.717) is 40.8 Å². The fourth-order valence-electron chi connectivity index (χ4n) is 4.63. The number of hydrogen-bond donors (Lipinski definition) is 3. The molecular weight excluding hydrogens is 627 g/mol. The molecule has 0 aliphatic heterocycles. The predicted molar refractivity (Wildman–Crippen MR) is 189 cm³/mol. The summed E-state index contributed by atoms with van der Waals surface area (Å²) in [5, 5.41) is 8.10. The number of nitrogens with one attached hydrogen (secondary N) is 3. The highest BCUT2D eigenvalue weighted by atomic mass is 32.2. The summed E-state index contributed by atoms with van der Waals surface area (Å²) in [6, 6.07) is 33.9.